The van der Waals surface area contributed by atoms with Gasteiger partial charge in [0.05, 0.1) is 6.33 Å². The predicted molar refractivity (Wildman–Crippen MR) is 111 cm³/mol. The van der Waals surface area contributed by atoms with E-state index < -0.39 is 0 Å². The second-order valence-electron chi connectivity index (χ2n) is 8.18. The van der Waals surface area contributed by atoms with Crippen molar-refractivity contribution in [3.8, 4) is 5.69 Å². The highest BCUT2D eigenvalue weighted by Crippen LogP contribution is 2.25. The molecule has 1 aliphatic carbocycles. The highest BCUT2D eigenvalue weighted by molar-refractivity contribution is 5.94. The van der Waals surface area contributed by atoms with Crippen LogP contribution in [0, 0.1) is 0 Å². The van der Waals surface area contributed by atoms with E-state index in [-0.39, 0.29) is 23.9 Å². The lowest BCUT2D eigenvalue weighted by atomic mass is 9.93. The van der Waals surface area contributed by atoms with Gasteiger partial charge in [-0.15, -0.1) is 0 Å². The maximum absolute atomic E-state index is 12.5. The Bertz CT molecular complexity index is 829. The fourth-order valence-corrected chi connectivity index (χ4v) is 4.14. The molecule has 1 saturated carbocycles. The third kappa shape index (κ3) is 4.67. The molecule has 0 bridgehead atoms. The van der Waals surface area contributed by atoms with Crippen molar-refractivity contribution >= 4 is 11.8 Å². The Morgan fingerprint density at radius 3 is 2.52 bits per heavy atom. The summed E-state index contributed by atoms with van der Waals surface area (Å²) in [4.78, 5) is 31.0. The normalized spacial score (nSPS) is 22.2. The third-order valence-electron chi connectivity index (χ3n) is 6.31. The maximum atomic E-state index is 12.5. The van der Waals surface area contributed by atoms with Gasteiger partial charge in [-0.05, 0) is 63.4 Å². The van der Waals surface area contributed by atoms with Crippen molar-refractivity contribution in [3.05, 3.63) is 48.5 Å². The fraction of sp³-hybridized carbons (Fsp3) is 0.500. The summed E-state index contributed by atoms with van der Waals surface area (Å²) in [6.07, 6.45) is 11.3. The molecule has 1 saturated heterocycles. The van der Waals surface area contributed by atoms with Crippen molar-refractivity contribution in [2.24, 2.45) is 0 Å². The van der Waals surface area contributed by atoms with Crippen molar-refractivity contribution < 1.29 is 9.59 Å². The van der Waals surface area contributed by atoms with Gasteiger partial charge in [0.1, 0.15) is 0 Å². The zero-order chi connectivity index (χ0) is 20.2. The molecule has 1 aliphatic heterocycles. The highest BCUT2D eigenvalue weighted by Gasteiger charge is 2.32. The van der Waals surface area contributed by atoms with Gasteiger partial charge in [0.15, 0.2) is 0 Å². The Labute approximate surface area is 171 Å². The third-order valence-corrected chi connectivity index (χ3v) is 6.31. The van der Waals surface area contributed by atoms with E-state index in [2.05, 4.69) is 27.6 Å². The molecule has 0 radical (unpaired) electrons. The summed E-state index contributed by atoms with van der Waals surface area (Å²) < 4.78 is 1.90. The average Bonchev–Trinajstić information content (AvgIpc) is 3.34. The molecular weight excluding hydrogens is 366 g/mol. The first-order valence-corrected chi connectivity index (χ1v) is 10.5. The summed E-state index contributed by atoms with van der Waals surface area (Å²) in [6, 6.07) is 8.40. The van der Waals surface area contributed by atoms with Crippen LogP contribution in [0.4, 0.5) is 0 Å². The smallest absolute Gasteiger partial charge is 0.251 e. The van der Waals surface area contributed by atoms with E-state index in [9.17, 15) is 9.59 Å². The second kappa shape index (κ2) is 8.78. The van der Waals surface area contributed by atoms with Gasteiger partial charge in [-0.1, -0.05) is 0 Å². The number of nitrogens with zero attached hydrogens (tertiary/aromatic N) is 3. The number of benzene rings is 1. The van der Waals surface area contributed by atoms with Gasteiger partial charge >= 0.3 is 0 Å². The van der Waals surface area contributed by atoms with Crippen LogP contribution < -0.4 is 10.6 Å². The number of amides is 2. The molecule has 1 aromatic heterocycles. The number of imidazole rings is 1. The monoisotopic (exact) mass is 395 g/mol. The molecule has 2 fully saturated rings. The number of nitrogens with one attached hydrogen (secondary N) is 2. The predicted octanol–water partition coefficient (Wildman–Crippen LogP) is 2.12. The van der Waals surface area contributed by atoms with Crippen molar-refractivity contribution in [1.29, 1.82) is 0 Å². The zero-order valence-corrected chi connectivity index (χ0v) is 16.9. The van der Waals surface area contributed by atoms with E-state index in [1.54, 1.807) is 12.5 Å². The van der Waals surface area contributed by atoms with E-state index in [4.69, 9.17) is 0 Å². The van der Waals surface area contributed by atoms with Crippen LogP contribution in [-0.2, 0) is 4.79 Å². The lowest BCUT2D eigenvalue weighted by molar-refractivity contribution is -0.123. The summed E-state index contributed by atoms with van der Waals surface area (Å²) in [5, 5.41) is 6.17. The number of carbonyl (C=O) groups excluding carboxylic acids is 2. The summed E-state index contributed by atoms with van der Waals surface area (Å²) in [5.41, 5.74) is 1.61. The molecule has 2 aliphatic rings. The van der Waals surface area contributed by atoms with Crippen LogP contribution in [0.5, 0.6) is 0 Å². The van der Waals surface area contributed by atoms with Crippen LogP contribution in [0.2, 0.25) is 0 Å². The number of hydrogen-bond acceptors (Lipinski definition) is 4. The minimum Gasteiger partial charge on any atom is -0.353 e. The number of rotatable bonds is 7. The standard InChI is InChI=1S/C22H29N5O2/c1-26-19(13-21(28)25-17-3-2-4-17)9-10-20(26)14-24-22(29)16-5-7-18(8-6-16)27-12-11-23-15-27/h5-8,11-12,15,17,19-20H,2-4,9-10,13-14H2,1H3,(H,24,29)(H,25,28)/t19-,20+/m1/s1. The van der Waals surface area contributed by atoms with E-state index in [1.807, 2.05) is 35.0 Å². The first-order chi connectivity index (χ1) is 14.1. The minimum atomic E-state index is -0.0678. The average molecular weight is 396 g/mol. The van der Waals surface area contributed by atoms with Crippen molar-refractivity contribution in [3.63, 3.8) is 0 Å². The lowest BCUT2D eigenvalue weighted by Crippen LogP contribution is -2.44. The first-order valence-electron chi connectivity index (χ1n) is 10.5. The Morgan fingerprint density at radius 1 is 1.10 bits per heavy atom. The van der Waals surface area contributed by atoms with E-state index >= 15 is 0 Å². The Morgan fingerprint density at radius 2 is 1.86 bits per heavy atom. The van der Waals surface area contributed by atoms with E-state index in [0.29, 0.717) is 24.6 Å². The molecule has 2 atom stereocenters. The number of hydrogen-bond donors (Lipinski definition) is 2. The quantitative estimate of drug-likeness (QED) is 0.753. The molecule has 29 heavy (non-hydrogen) atoms. The van der Waals surface area contributed by atoms with Gasteiger partial charge in [-0.25, -0.2) is 4.98 Å². The number of likely N-dealkylation sites (tertiary alicyclic amines) is 1. The minimum absolute atomic E-state index is 0.0678. The highest BCUT2D eigenvalue weighted by atomic mass is 16.2. The first kappa shape index (κ1) is 19.6. The van der Waals surface area contributed by atoms with E-state index in [0.717, 1.165) is 31.4 Å². The van der Waals surface area contributed by atoms with Gasteiger partial charge in [-0.3, -0.25) is 14.5 Å². The van der Waals surface area contributed by atoms with Gasteiger partial charge in [0, 0.05) is 54.7 Å². The number of aromatic nitrogens is 2. The second-order valence-corrected chi connectivity index (χ2v) is 8.18. The molecule has 2 heterocycles. The molecule has 2 N–H and O–H groups in total. The largest absolute Gasteiger partial charge is 0.353 e. The van der Waals surface area contributed by atoms with Crippen LogP contribution in [0.1, 0.15) is 48.9 Å². The summed E-state index contributed by atoms with van der Waals surface area (Å²) >= 11 is 0. The molecule has 0 spiro atoms. The van der Waals surface area contributed by atoms with E-state index in [1.165, 1.54) is 6.42 Å². The summed E-state index contributed by atoms with van der Waals surface area (Å²) in [7, 11) is 2.06. The summed E-state index contributed by atoms with van der Waals surface area (Å²) in [5.74, 6) is 0.0935. The van der Waals surface area contributed by atoms with Gasteiger partial charge < -0.3 is 15.2 Å². The topological polar surface area (TPSA) is 79.3 Å². The lowest BCUT2D eigenvalue weighted by Gasteiger charge is -2.29. The van der Waals surface area contributed by atoms with Crippen LogP contribution in [0.25, 0.3) is 5.69 Å². The van der Waals surface area contributed by atoms with Gasteiger partial charge in [-0.2, -0.15) is 0 Å². The molecule has 7 heteroatoms. The van der Waals surface area contributed by atoms with Crippen LogP contribution >= 0.6 is 0 Å². The molecule has 2 amide bonds. The number of likely N-dealkylation sites (N-methyl/N-ethyl adjacent to an activating group) is 1. The van der Waals surface area contributed by atoms with Crippen molar-refractivity contribution in [2.45, 2.75) is 56.7 Å². The molecule has 2 aromatic rings. The molecule has 7 nitrogen and oxygen atoms in total. The van der Waals surface area contributed by atoms with Gasteiger partial charge in [0.2, 0.25) is 5.91 Å². The van der Waals surface area contributed by atoms with Crippen molar-refractivity contribution in [2.75, 3.05) is 13.6 Å². The molecule has 1 aromatic carbocycles. The van der Waals surface area contributed by atoms with Gasteiger partial charge in [0.25, 0.3) is 5.91 Å². The van der Waals surface area contributed by atoms with Crippen LogP contribution in [-0.4, -0.2) is 58.0 Å². The molecular formula is C22H29N5O2. The molecule has 4 rings (SSSR count). The summed E-state index contributed by atoms with van der Waals surface area (Å²) in [6.45, 7) is 0.597. The molecule has 154 valence electrons. The number of carbonyl (C=O) groups is 2. The van der Waals surface area contributed by atoms with Crippen LogP contribution in [0.15, 0.2) is 43.0 Å². The Hall–Kier alpha value is -2.67. The van der Waals surface area contributed by atoms with Crippen molar-refractivity contribution in [1.82, 2.24) is 25.1 Å². The Kier molecular flexibility index (Phi) is 5.94. The van der Waals surface area contributed by atoms with Crippen LogP contribution in [0.3, 0.4) is 0 Å². The SMILES string of the molecule is CN1[C@@H](CC(=O)NC2CCC2)CC[C@H]1CNC(=O)c1ccc(-n2ccnc2)cc1. The fourth-order valence-electron chi connectivity index (χ4n) is 4.14. The Balaban J connectivity index is 1.24. The zero-order valence-electron chi connectivity index (χ0n) is 16.9. The molecule has 0 unspecified atom stereocenters. The maximum Gasteiger partial charge on any atom is 0.251 e.